The molecule has 0 saturated heterocycles. The second kappa shape index (κ2) is 5.26. The maximum absolute atomic E-state index is 10.1. The van der Waals surface area contributed by atoms with Crippen molar-refractivity contribution < 1.29 is 10.2 Å². The minimum Gasteiger partial charge on any atom is -0.508 e. The van der Waals surface area contributed by atoms with Crippen molar-refractivity contribution in [2.24, 2.45) is 4.99 Å². The first-order valence-corrected chi connectivity index (χ1v) is 6.97. The van der Waals surface area contributed by atoms with Gasteiger partial charge in [0.25, 0.3) is 0 Å². The zero-order valence-corrected chi connectivity index (χ0v) is 12.2. The van der Waals surface area contributed by atoms with Crippen molar-refractivity contribution in [1.29, 1.82) is 0 Å². The minimum absolute atomic E-state index is 0.0231. The molecule has 0 saturated carbocycles. The SMILES string of the molecule is CC1=C(c2ccc(Cl)cc2)C(c2ccc(O)cc2O)=NC1. The van der Waals surface area contributed by atoms with Gasteiger partial charge in [0.15, 0.2) is 0 Å². The molecule has 0 atom stereocenters. The number of phenolic OH excluding ortho intramolecular Hbond substituents is 2. The molecule has 2 aromatic rings. The van der Waals surface area contributed by atoms with Crippen molar-refractivity contribution in [2.45, 2.75) is 6.92 Å². The van der Waals surface area contributed by atoms with Crippen LogP contribution in [-0.4, -0.2) is 22.5 Å². The monoisotopic (exact) mass is 299 g/mol. The lowest BCUT2D eigenvalue weighted by Crippen LogP contribution is -2.02. The first kappa shape index (κ1) is 13.7. The van der Waals surface area contributed by atoms with Gasteiger partial charge in [-0.25, -0.2) is 0 Å². The summed E-state index contributed by atoms with van der Waals surface area (Å²) in [4.78, 5) is 4.53. The van der Waals surface area contributed by atoms with E-state index in [-0.39, 0.29) is 11.5 Å². The maximum Gasteiger partial charge on any atom is 0.128 e. The minimum atomic E-state index is 0.0231. The van der Waals surface area contributed by atoms with Crippen molar-refractivity contribution >= 4 is 22.9 Å². The van der Waals surface area contributed by atoms with Crippen LogP contribution in [0.1, 0.15) is 18.1 Å². The van der Waals surface area contributed by atoms with E-state index in [1.807, 2.05) is 31.2 Å². The van der Waals surface area contributed by atoms with Crippen LogP contribution >= 0.6 is 11.6 Å². The zero-order chi connectivity index (χ0) is 15.0. The largest absolute Gasteiger partial charge is 0.508 e. The number of hydrogen-bond acceptors (Lipinski definition) is 3. The Kier molecular flexibility index (Phi) is 3.43. The molecule has 0 aliphatic carbocycles. The molecule has 4 heteroatoms. The molecule has 1 aliphatic heterocycles. The van der Waals surface area contributed by atoms with E-state index in [4.69, 9.17) is 11.6 Å². The number of halogens is 1. The Hall–Kier alpha value is -2.26. The highest BCUT2D eigenvalue weighted by Crippen LogP contribution is 2.34. The molecule has 2 aromatic carbocycles. The number of aliphatic imine (C=N–C) groups is 1. The molecule has 0 fully saturated rings. The van der Waals surface area contributed by atoms with E-state index in [1.54, 1.807) is 12.1 Å². The molecule has 106 valence electrons. The zero-order valence-electron chi connectivity index (χ0n) is 11.5. The summed E-state index contributed by atoms with van der Waals surface area (Å²) in [5.74, 6) is 0.0542. The van der Waals surface area contributed by atoms with Gasteiger partial charge in [-0.2, -0.15) is 0 Å². The number of allylic oxidation sites excluding steroid dienone is 1. The quantitative estimate of drug-likeness (QED) is 0.879. The predicted molar refractivity (Wildman–Crippen MR) is 85.2 cm³/mol. The third kappa shape index (κ3) is 2.52. The second-order valence-electron chi connectivity index (χ2n) is 5.03. The standard InChI is InChI=1S/C17H14ClNO2/c1-10-9-19-17(14-7-6-13(20)8-15(14)21)16(10)11-2-4-12(18)5-3-11/h2-8,20-21H,9H2,1H3. The van der Waals surface area contributed by atoms with Gasteiger partial charge in [0.2, 0.25) is 0 Å². The van der Waals surface area contributed by atoms with Gasteiger partial charge < -0.3 is 10.2 Å². The molecule has 0 radical (unpaired) electrons. The summed E-state index contributed by atoms with van der Waals surface area (Å²) >= 11 is 5.94. The smallest absolute Gasteiger partial charge is 0.128 e. The highest BCUT2D eigenvalue weighted by molar-refractivity contribution is 6.35. The fourth-order valence-corrected chi connectivity index (χ4v) is 2.62. The number of rotatable bonds is 2. The lowest BCUT2D eigenvalue weighted by Gasteiger charge is -2.11. The van der Waals surface area contributed by atoms with Gasteiger partial charge in [-0.1, -0.05) is 23.7 Å². The molecule has 0 spiro atoms. The molecule has 0 unspecified atom stereocenters. The number of nitrogens with zero attached hydrogens (tertiary/aromatic N) is 1. The van der Waals surface area contributed by atoms with Crippen LogP contribution in [0.3, 0.4) is 0 Å². The van der Waals surface area contributed by atoms with Crippen molar-refractivity contribution in [3.63, 3.8) is 0 Å². The van der Waals surface area contributed by atoms with Gasteiger partial charge in [0.05, 0.1) is 12.3 Å². The van der Waals surface area contributed by atoms with E-state index in [9.17, 15) is 10.2 Å². The summed E-state index contributed by atoms with van der Waals surface area (Å²) in [5.41, 5.74) is 4.52. The molecule has 0 bridgehead atoms. The molecule has 3 nitrogen and oxygen atoms in total. The van der Waals surface area contributed by atoms with Gasteiger partial charge in [0.1, 0.15) is 11.5 Å². The second-order valence-corrected chi connectivity index (χ2v) is 5.46. The third-order valence-corrected chi connectivity index (χ3v) is 3.76. The average molecular weight is 300 g/mol. The average Bonchev–Trinajstić information content (AvgIpc) is 2.82. The van der Waals surface area contributed by atoms with Crippen molar-refractivity contribution in [1.82, 2.24) is 0 Å². The van der Waals surface area contributed by atoms with Gasteiger partial charge in [-0.15, -0.1) is 0 Å². The Balaban J connectivity index is 2.09. The van der Waals surface area contributed by atoms with Crippen LogP contribution in [0.5, 0.6) is 11.5 Å². The van der Waals surface area contributed by atoms with Crippen molar-refractivity contribution in [3.05, 3.63) is 64.2 Å². The van der Waals surface area contributed by atoms with Gasteiger partial charge in [-0.3, -0.25) is 4.99 Å². The van der Waals surface area contributed by atoms with Crippen LogP contribution in [0.15, 0.2) is 53.0 Å². The Morgan fingerprint density at radius 3 is 2.43 bits per heavy atom. The number of phenols is 2. The molecule has 1 heterocycles. The first-order chi connectivity index (χ1) is 10.1. The molecule has 21 heavy (non-hydrogen) atoms. The van der Waals surface area contributed by atoms with Crippen molar-refractivity contribution in [2.75, 3.05) is 6.54 Å². The maximum atomic E-state index is 10.1. The summed E-state index contributed by atoms with van der Waals surface area (Å²) < 4.78 is 0. The summed E-state index contributed by atoms with van der Waals surface area (Å²) in [6.07, 6.45) is 0. The fourth-order valence-electron chi connectivity index (χ4n) is 2.50. The first-order valence-electron chi connectivity index (χ1n) is 6.59. The fraction of sp³-hybridized carbons (Fsp3) is 0.118. The summed E-state index contributed by atoms with van der Waals surface area (Å²) in [6.45, 7) is 2.63. The van der Waals surface area contributed by atoms with Crippen LogP contribution in [0.2, 0.25) is 5.02 Å². The summed E-state index contributed by atoms with van der Waals surface area (Å²) in [6, 6.07) is 12.1. The number of hydrogen-bond donors (Lipinski definition) is 2. The van der Waals surface area contributed by atoms with E-state index in [2.05, 4.69) is 4.99 Å². The van der Waals surface area contributed by atoms with E-state index in [0.717, 1.165) is 22.4 Å². The van der Waals surface area contributed by atoms with Crippen LogP contribution in [0.25, 0.3) is 5.57 Å². The summed E-state index contributed by atoms with van der Waals surface area (Å²) in [7, 11) is 0. The molecule has 0 aromatic heterocycles. The highest BCUT2D eigenvalue weighted by atomic mass is 35.5. The predicted octanol–water partition coefficient (Wildman–Crippen LogP) is 4.03. The normalized spacial score (nSPS) is 14.5. The lowest BCUT2D eigenvalue weighted by molar-refractivity contribution is 0.450. The van der Waals surface area contributed by atoms with Crippen LogP contribution < -0.4 is 0 Å². The molecule has 3 rings (SSSR count). The lowest BCUT2D eigenvalue weighted by atomic mass is 9.93. The van der Waals surface area contributed by atoms with E-state index < -0.39 is 0 Å². The van der Waals surface area contributed by atoms with Crippen LogP contribution in [-0.2, 0) is 0 Å². The molecular weight excluding hydrogens is 286 g/mol. The highest BCUT2D eigenvalue weighted by Gasteiger charge is 2.22. The topological polar surface area (TPSA) is 52.8 Å². The number of aromatic hydroxyl groups is 2. The number of benzene rings is 2. The Labute approximate surface area is 127 Å². The van der Waals surface area contributed by atoms with Crippen LogP contribution in [0.4, 0.5) is 0 Å². The van der Waals surface area contributed by atoms with Crippen LogP contribution in [0, 0.1) is 0 Å². The third-order valence-electron chi connectivity index (χ3n) is 3.51. The van der Waals surface area contributed by atoms with Gasteiger partial charge in [-0.05, 0) is 42.3 Å². The molecule has 2 N–H and O–H groups in total. The Bertz CT molecular complexity index is 761. The van der Waals surface area contributed by atoms with E-state index >= 15 is 0 Å². The van der Waals surface area contributed by atoms with E-state index in [0.29, 0.717) is 17.1 Å². The van der Waals surface area contributed by atoms with Gasteiger partial charge >= 0.3 is 0 Å². The summed E-state index contributed by atoms with van der Waals surface area (Å²) in [5, 5.41) is 20.2. The molecule has 0 amide bonds. The Morgan fingerprint density at radius 1 is 1.05 bits per heavy atom. The molecule has 1 aliphatic rings. The van der Waals surface area contributed by atoms with Crippen molar-refractivity contribution in [3.8, 4) is 11.5 Å². The van der Waals surface area contributed by atoms with Gasteiger partial charge in [0, 0.05) is 22.2 Å². The van der Waals surface area contributed by atoms with E-state index in [1.165, 1.54) is 6.07 Å². The Morgan fingerprint density at radius 2 is 1.76 bits per heavy atom. The molecular formula is C17H14ClNO2.